The summed E-state index contributed by atoms with van der Waals surface area (Å²) in [7, 11) is 0. The fourth-order valence-corrected chi connectivity index (χ4v) is 2.62. The summed E-state index contributed by atoms with van der Waals surface area (Å²) in [5.41, 5.74) is 2.41. The Labute approximate surface area is 131 Å². The molecule has 4 heteroatoms. The first-order valence-corrected chi connectivity index (χ1v) is 7.83. The van der Waals surface area contributed by atoms with Crippen molar-refractivity contribution in [2.24, 2.45) is 5.92 Å². The molecule has 4 nitrogen and oxygen atoms in total. The maximum Gasteiger partial charge on any atom is 0.257 e. The second-order valence-corrected chi connectivity index (χ2v) is 5.98. The number of benzene rings is 1. The summed E-state index contributed by atoms with van der Waals surface area (Å²) in [6.07, 6.45) is 1.57. The number of carbonyl (C=O) groups excluding carboxylic acids is 1. The highest BCUT2D eigenvalue weighted by atomic mass is 16.5. The van der Waals surface area contributed by atoms with Gasteiger partial charge in [0, 0.05) is 0 Å². The van der Waals surface area contributed by atoms with Gasteiger partial charge in [-0.15, -0.1) is 0 Å². The van der Waals surface area contributed by atoms with E-state index in [4.69, 9.17) is 4.52 Å². The van der Waals surface area contributed by atoms with Crippen molar-refractivity contribution in [2.45, 2.75) is 46.6 Å². The van der Waals surface area contributed by atoms with Crippen LogP contribution in [-0.2, 0) is 6.42 Å². The van der Waals surface area contributed by atoms with Crippen molar-refractivity contribution in [3.8, 4) is 0 Å². The van der Waals surface area contributed by atoms with Crippen LogP contribution >= 0.6 is 0 Å². The first-order valence-electron chi connectivity index (χ1n) is 7.83. The van der Waals surface area contributed by atoms with E-state index < -0.39 is 0 Å². The molecule has 1 heterocycles. The van der Waals surface area contributed by atoms with Gasteiger partial charge in [0.05, 0.1) is 11.7 Å². The zero-order valence-electron chi connectivity index (χ0n) is 13.7. The van der Waals surface area contributed by atoms with Crippen LogP contribution in [0, 0.1) is 12.8 Å². The molecule has 2 aromatic rings. The van der Waals surface area contributed by atoms with Crippen LogP contribution in [0.5, 0.6) is 0 Å². The average molecular weight is 300 g/mol. The molecule has 0 saturated heterocycles. The largest absolute Gasteiger partial charge is 0.361 e. The van der Waals surface area contributed by atoms with Gasteiger partial charge in [-0.1, -0.05) is 56.3 Å². The molecule has 2 rings (SSSR count). The monoisotopic (exact) mass is 300 g/mol. The van der Waals surface area contributed by atoms with Gasteiger partial charge >= 0.3 is 0 Å². The molecule has 0 aliphatic rings. The summed E-state index contributed by atoms with van der Waals surface area (Å²) in [5.74, 6) is 0.954. The van der Waals surface area contributed by atoms with Crippen molar-refractivity contribution in [1.82, 2.24) is 10.5 Å². The molecule has 0 saturated carbocycles. The van der Waals surface area contributed by atoms with Gasteiger partial charge in [-0.25, -0.2) is 0 Å². The third-order valence-electron chi connectivity index (χ3n) is 3.71. The minimum atomic E-state index is -0.106. The van der Waals surface area contributed by atoms with Crippen LogP contribution in [-0.4, -0.2) is 11.1 Å². The lowest BCUT2D eigenvalue weighted by Gasteiger charge is -2.21. The fourth-order valence-electron chi connectivity index (χ4n) is 2.62. The Morgan fingerprint density at radius 3 is 2.55 bits per heavy atom. The van der Waals surface area contributed by atoms with Crippen LogP contribution in [0.3, 0.4) is 0 Å². The first kappa shape index (κ1) is 16.3. The third kappa shape index (κ3) is 3.75. The zero-order valence-corrected chi connectivity index (χ0v) is 13.7. The highest BCUT2D eigenvalue weighted by Crippen LogP contribution is 2.23. The van der Waals surface area contributed by atoms with Gasteiger partial charge in [0.2, 0.25) is 0 Å². The van der Waals surface area contributed by atoms with Crippen LogP contribution in [0.2, 0.25) is 0 Å². The lowest BCUT2D eigenvalue weighted by Crippen LogP contribution is -2.30. The predicted molar refractivity (Wildman–Crippen MR) is 86.7 cm³/mol. The maximum absolute atomic E-state index is 12.7. The van der Waals surface area contributed by atoms with E-state index in [1.54, 1.807) is 6.92 Å². The second-order valence-electron chi connectivity index (χ2n) is 5.98. The topological polar surface area (TPSA) is 55.1 Å². The Morgan fingerprint density at radius 2 is 1.95 bits per heavy atom. The number of aromatic nitrogens is 1. The lowest BCUT2D eigenvalue weighted by molar-refractivity contribution is 0.0929. The van der Waals surface area contributed by atoms with Crippen LogP contribution in [0.4, 0.5) is 0 Å². The molecular weight excluding hydrogens is 276 g/mol. The van der Waals surface area contributed by atoms with Gasteiger partial charge in [-0.3, -0.25) is 4.79 Å². The SMILES string of the molecule is CCc1noc(C)c1C(=O)N[C@H](CC(C)C)c1ccccc1. The van der Waals surface area contributed by atoms with Crippen LogP contribution in [0.1, 0.15) is 60.6 Å². The van der Waals surface area contributed by atoms with Gasteiger partial charge in [0.25, 0.3) is 5.91 Å². The minimum Gasteiger partial charge on any atom is -0.361 e. The van der Waals surface area contributed by atoms with Crippen molar-refractivity contribution >= 4 is 5.91 Å². The smallest absolute Gasteiger partial charge is 0.257 e. The number of aryl methyl sites for hydroxylation is 2. The molecule has 118 valence electrons. The Hall–Kier alpha value is -2.10. The molecule has 1 amide bonds. The Balaban J connectivity index is 2.23. The molecule has 0 bridgehead atoms. The molecule has 0 unspecified atom stereocenters. The standard InChI is InChI=1S/C18H24N2O2/c1-5-15-17(13(4)22-20-15)18(21)19-16(11-12(2)3)14-9-7-6-8-10-14/h6-10,12,16H,5,11H2,1-4H3,(H,19,21)/t16-/m1/s1. The first-order chi connectivity index (χ1) is 10.5. The molecule has 1 atom stereocenters. The zero-order chi connectivity index (χ0) is 16.1. The molecule has 0 aliphatic carbocycles. The van der Waals surface area contributed by atoms with E-state index >= 15 is 0 Å². The number of rotatable bonds is 6. The molecule has 22 heavy (non-hydrogen) atoms. The van der Waals surface area contributed by atoms with E-state index in [9.17, 15) is 4.79 Å². The van der Waals surface area contributed by atoms with Crippen molar-refractivity contribution in [3.63, 3.8) is 0 Å². The molecule has 1 aromatic carbocycles. The van der Waals surface area contributed by atoms with E-state index in [1.807, 2.05) is 25.1 Å². The lowest BCUT2D eigenvalue weighted by atomic mass is 9.96. The van der Waals surface area contributed by atoms with E-state index in [2.05, 4.69) is 36.5 Å². The molecule has 1 aromatic heterocycles. The number of hydrogen-bond donors (Lipinski definition) is 1. The normalized spacial score (nSPS) is 12.4. The third-order valence-corrected chi connectivity index (χ3v) is 3.71. The van der Waals surface area contributed by atoms with E-state index in [1.165, 1.54) is 0 Å². The van der Waals surface area contributed by atoms with Crippen molar-refractivity contribution < 1.29 is 9.32 Å². The summed E-state index contributed by atoms with van der Waals surface area (Å²) >= 11 is 0. The maximum atomic E-state index is 12.7. The van der Waals surface area contributed by atoms with Crippen molar-refractivity contribution in [2.75, 3.05) is 0 Å². The molecule has 0 radical (unpaired) electrons. The summed E-state index contributed by atoms with van der Waals surface area (Å²) in [6, 6.07) is 10.1. The second kappa shape index (κ2) is 7.25. The quantitative estimate of drug-likeness (QED) is 0.875. The van der Waals surface area contributed by atoms with Crippen LogP contribution in [0.15, 0.2) is 34.9 Å². The number of nitrogens with zero attached hydrogens (tertiary/aromatic N) is 1. The van der Waals surface area contributed by atoms with Crippen LogP contribution < -0.4 is 5.32 Å². The predicted octanol–water partition coefficient (Wildman–Crippen LogP) is 4.06. The van der Waals surface area contributed by atoms with Crippen molar-refractivity contribution in [1.29, 1.82) is 0 Å². The molecule has 1 N–H and O–H groups in total. The van der Waals surface area contributed by atoms with Crippen molar-refractivity contribution in [3.05, 3.63) is 52.9 Å². The number of hydrogen-bond acceptors (Lipinski definition) is 3. The summed E-state index contributed by atoms with van der Waals surface area (Å²) in [5, 5.41) is 7.10. The number of carbonyl (C=O) groups is 1. The molecule has 0 spiro atoms. The Kier molecular flexibility index (Phi) is 5.36. The number of nitrogens with one attached hydrogen (secondary N) is 1. The molecule has 0 aliphatic heterocycles. The molecular formula is C18H24N2O2. The van der Waals surface area contributed by atoms with Gasteiger partial charge in [-0.2, -0.15) is 0 Å². The Morgan fingerprint density at radius 1 is 1.27 bits per heavy atom. The molecule has 0 fully saturated rings. The van der Waals surface area contributed by atoms with E-state index in [0.717, 1.165) is 12.0 Å². The van der Waals surface area contributed by atoms with E-state index in [-0.39, 0.29) is 11.9 Å². The van der Waals surface area contributed by atoms with Gasteiger partial charge in [0.15, 0.2) is 0 Å². The highest BCUT2D eigenvalue weighted by Gasteiger charge is 2.23. The summed E-state index contributed by atoms with van der Waals surface area (Å²) in [4.78, 5) is 12.7. The van der Waals surface area contributed by atoms with Gasteiger partial charge < -0.3 is 9.84 Å². The van der Waals surface area contributed by atoms with E-state index in [0.29, 0.717) is 29.4 Å². The highest BCUT2D eigenvalue weighted by molar-refractivity contribution is 5.96. The fraction of sp³-hybridized carbons (Fsp3) is 0.444. The average Bonchev–Trinajstić information content (AvgIpc) is 2.88. The summed E-state index contributed by atoms with van der Waals surface area (Å²) < 4.78 is 5.17. The number of amides is 1. The van der Waals surface area contributed by atoms with Gasteiger partial charge in [-0.05, 0) is 31.2 Å². The minimum absolute atomic E-state index is 0.00675. The van der Waals surface area contributed by atoms with Gasteiger partial charge in [0.1, 0.15) is 11.3 Å². The Bertz CT molecular complexity index is 617. The summed E-state index contributed by atoms with van der Waals surface area (Å²) in [6.45, 7) is 8.06. The van der Waals surface area contributed by atoms with Crippen LogP contribution in [0.25, 0.3) is 0 Å².